The first kappa shape index (κ1) is 35.7. The van der Waals surface area contributed by atoms with Crippen molar-refractivity contribution in [2.45, 2.75) is 59.3 Å². The number of hydrogen-bond donors (Lipinski definition) is 1. The Morgan fingerprint density at radius 3 is 2.08 bits per heavy atom. The van der Waals surface area contributed by atoms with Crippen molar-refractivity contribution < 1.29 is 26.2 Å². The van der Waals surface area contributed by atoms with Crippen molar-refractivity contribution in [1.29, 1.82) is 0 Å². The third-order valence-electron chi connectivity index (χ3n) is 9.70. The molecule has 0 aliphatic rings. The van der Waals surface area contributed by atoms with Crippen LogP contribution in [-0.2, 0) is 31.9 Å². The molecular weight excluding hydrogens is 838 g/mol. The second kappa shape index (κ2) is 13.4. The van der Waals surface area contributed by atoms with Crippen LogP contribution in [0, 0.1) is 13.0 Å². The van der Waals surface area contributed by atoms with Gasteiger partial charge in [-0.05, 0) is 68.6 Å². The molecule has 4 nitrogen and oxygen atoms in total. The first-order valence-corrected chi connectivity index (χ1v) is 18.2. The molecule has 5 aromatic carbocycles. The van der Waals surface area contributed by atoms with E-state index in [1.165, 1.54) is 5.56 Å². The number of thiazole rings is 1. The Kier molecular flexibility index (Phi) is 9.18. The number of benzene rings is 5. The molecule has 8 aromatic rings. The minimum atomic E-state index is -0.0756. The van der Waals surface area contributed by atoms with Gasteiger partial charge in [0.25, 0.3) is 0 Å². The average Bonchev–Trinajstić information content (AvgIpc) is 3.53. The van der Waals surface area contributed by atoms with Gasteiger partial charge in [-0.25, -0.2) is 4.98 Å². The zero-order chi connectivity index (χ0) is 35.7. The van der Waals surface area contributed by atoms with Crippen LogP contribution in [0.15, 0.2) is 109 Å². The maximum atomic E-state index is 11.1. The largest absolute Gasteiger partial charge is 0.507 e. The summed E-state index contributed by atoms with van der Waals surface area (Å²) in [5.74, 6) is 0.224. The number of aromatic nitrogens is 3. The van der Waals surface area contributed by atoms with Gasteiger partial charge >= 0.3 is 0 Å². The van der Waals surface area contributed by atoms with Crippen LogP contribution in [0.5, 0.6) is 5.75 Å². The van der Waals surface area contributed by atoms with E-state index in [1.54, 1.807) is 17.4 Å². The molecule has 0 aliphatic heterocycles. The summed E-state index contributed by atoms with van der Waals surface area (Å²) in [7, 11) is 0. The predicted octanol–water partition coefficient (Wildman–Crippen LogP) is 12.5. The van der Waals surface area contributed by atoms with E-state index in [0.717, 1.165) is 87.1 Å². The molecule has 6 heteroatoms. The Labute approximate surface area is 323 Å². The van der Waals surface area contributed by atoms with Gasteiger partial charge in [0.15, 0.2) is 0 Å². The van der Waals surface area contributed by atoms with Crippen LogP contribution in [0.2, 0.25) is 0 Å². The van der Waals surface area contributed by atoms with Gasteiger partial charge in [0.1, 0.15) is 10.8 Å². The number of hydrogen-bond acceptors (Lipinski definition) is 5. The summed E-state index contributed by atoms with van der Waals surface area (Å²) in [5.41, 5.74) is 11.9. The van der Waals surface area contributed by atoms with E-state index < -0.39 is 0 Å². The van der Waals surface area contributed by atoms with Crippen LogP contribution in [0.1, 0.15) is 58.2 Å². The molecule has 0 aliphatic carbocycles. The third-order valence-corrected chi connectivity index (χ3v) is 10.7. The number of nitrogens with zero attached hydrogens (tertiary/aromatic N) is 3. The van der Waals surface area contributed by atoms with E-state index in [0.29, 0.717) is 0 Å². The molecule has 0 amide bonds. The molecule has 0 spiro atoms. The molecular formula is C46H40N3OPtS-. The standard InChI is InChI=1S/C46H40N3OS.Pt/c1-27-19-30(21-31(20-27)37-26-34(46(5,6)7)22-29-12-10-17-47-41(29)37)36-23-32(42-35-13-9-8-11-28(35)16-18-48-42)24-40-43(36)49-44(51-40)38-25-33(45(2,3)4)14-15-39(38)50;/h8-20,22-26,50H,1-7H3;/q-1;. The molecule has 0 saturated heterocycles. The van der Waals surface area contributed by atoms with Crippen LogP contribution < -0.4 is 0 Å². The summed E-state index contributed by atoms with van der Waals surface area (Å²) >= 11 is 1.60. The van der Waals surface area contributed by atoms with Gasteiger partial charge < -0.3 is 5.11 Å². The normalized spacial score (nSPS) is 12.1. The molecule has 3 heterocycles. The van der Waals surface area contributed by atoms with Gasteiger partial charge in [-0.3, -0.25) is 9.97 Å². The quantitative estimate of drug-likeness (QED) is 0.179. The van der Waals surface area contributed by atoms with Gasteiger partial charge in [-0.2, -0.15) is 0 Å². The number of pyridine rings is 2. The van der Waals surface area contributed by atoms with Crippen LogP contribution in [0.3, 0.4) is 0 Å². The SMILES string of the molecule is Cc1cc(-c2cc(C(C)(C)C)cc3cccnc23)[c-]c(-c2cc(-c3nccc4ccccc34)cc3sc(-c4cc(C(C)(C)C)ccc4O)nc23)c1.[Pt]. The zero-order valence-electron chi connectivity index (χ0n) is 30.4. The van der Waals surface area contributed by atoms with E-state index >= 15 is 0 Å². The van der Waals surface area contributed by atoms with E-state index in [9.17, 15) is 5.11 Å². The second-order valence-electron chi connectivity index (χ2n) is 15.6. The summed E-state index contributed by atoms with van der Waals surface area (Å²) in [5, 5.41) is 15.3. The van der Waals surface area contributed by atoms with Crippen molar-refractivity contribution in [3.8, 4) is 49.8 Å². The maximum Gasteiger partial charge on any atom is 0.127 e. The summed E-state index contributed by atoms with van der Waals surface area (Å²) in [6.45, 7) is 15.4. The van der Waals surface area contributed by atoms with Crippen LogP contribution in [-0.4, -0.2) is 20.1 Å². The zero-order valence-corrected chi connectivity index (χ0v) is 33.5. The number of aromatic hydroxyl groups is 1. The van der Waals surface area contributed by atoms with Crippen molar-refractivity contribution >= 4 is 43.2 Å². The monoisotopic (exact) mass is 877 g/mol. The molecule has 0 fully saturated rings. The minimum absolute atomic E-state index is 0. The number of phenols is 1. The number of fused-ring (bicyclic) bond motifs is 3. The maximum absolute atomic E-state index is 11.1. The molecule has 8 rings (SSSR count). The van der Waals surface area contributed by atoms with Crippen LogP contribution in [0.4, 0.5) is 0 Å². The minimum Gasteiger partial charge on any atom is -0.507 e. The fourth-order valence-corrected chi connectivity index (χ4v) is 7.90. The Morgan fingerprint density at radius 2 is 1.33 bits per heavy atom. The van der Waals surface area contributed by atoms with Crippen molar-refractivity contribution in [2.75, 3.05) is 0 Å². The Morgan fingerprint density at radius 1 is 0.635 bits per heavy atom. The molecule has 52 heavy (non-hydrogen) atoms. The molecule has 3 aromatic heterocycles. The predicted molar refractivity (Wildman–Crippen MR) is 215 cm³/mol. The average molecular weight is 878 g/mol. The topological polar surface area (TPSA) is 58.9 Å². The fourth-order valence-electron chi connectivity index (χ4n) is 6.85. The van der Waals surface area contributed by atoms with Crippen LogP contribution >= 0.6 is 11.3 Å². The molecule has 0 radical (unpaired) electrons. The number of phenolic OH excluding ortho intramolecular Hbond substituents is 1. The van der Waals surface area contributed by atoms with E-state index in [-0.39, 0.29) is 37.6 Å². The third kappa shape index (κ3) is 6.57. The first-order valence-electron chi connectivity index (χ1n) is 17.4. The Bertz CT molecular complexity index is 2640. The first-order chi connectivity index (χ1) is 24.3. The van der Waals surface area contributed by atoms with Gasteiger partial charge in [-0.1, -0.05) is 114 Å². The molecule has 0 bridgehead atoms. The smallest absolute Gasteiger partial charge is 0.127 e. The van der Waals surface area contributed by atoms with Crippen molar-refractivity contribution in [2.24, 2.45) is 0 Å². The summed E-state index contributed by atoms with van der Waals surface area (Å²) in [6.07, 6.45) is 3.75. The summed E-state index contributed by atoms with van der Waals surface area (Å²) < 4.78 is 1.02. The molecule has 0 unspecified atom stereocenters. The summed E-state index contributed by atoms with van der Waals surface area (Å²) in [6, 6.07) is 37.6. The molecule has 0 saturated carbocycles. The molecule has 262 valence electrons. The van der Waals surface area contributed by atoms with Gasteiger partial charge in [0.2, 0.25) is 0 Å². The summed E-state index contributed by atoms with van der Waals surface area (Å²) in [4.78, 5) is 15.0. The van der Waals surface area contributed by atoms with E-state index in [1.807, 2.05) is 24.5 Å². The van der Waals surface area contributed by atoms with Crippen LogP contribution in [0.25, 0.3) is 76.0 Å². The molecule has 0 atom stereocenters. The Hall–Kier alpha value is -4.70. The number of rotatable bonds is 4. The van der Waals surface area contributed by atoms with E-state index in [2.05, 4.69) is 133 Å². The van der Waals surface area contributed by atoms with Gasteiger partial charge in [0, 0.05) is 49.1 Å². The second-order valence-corrected chi connectivity index (χ2v) is 16.6. The van der Waals surface area contributed by atoms with E-state index in [4.69, 9.17) is 15.0 Å². The fraction of sp³-hybridized carbons (Fsp3) is 0.196. The van der Waals surface area contributed by atoms with Gasteiger partial charge in [0.05, 0.1) is 16.8 Å². The van der Waals surface area contributed by atoms with Crippen molar-refractivity contribution in [1.82, 2.24) is 15.0 Å². The number of aryl methyl sites for hydroxylation is 1. The molecule has 1 N–H and O–H groups in total. The van der Waals surface area contributed by atoms with Crippen molar-refractivity contribution in [3.63, 3.8) is 0 Å². The Balaban J connectivity index is 0.00000420. The van der Waals surface area contributed by atoms with Crippen molar-refractivity contribution in [3.05, 3.63) is 132 Å². The van der Waals surface area contributed by atoms with Gasteiger partial charge in [-0.15, -0.1) is 46.2 Å².